The molecule has 4 aromatic rings. The van der Waals surface area contributed by atoms with Gasteiger partial charge in [0.05, 0.1) is 25.3 Å². The molecule has 2 aliphatic heterocycles. The Bertz CT molecular complexity index is 1790. The Morgan fingerprint density at radius 3 is 2.14 bits per heavy atom. The van der Waals surface area contributed by atoms with Crippen LogP contribution in [0.15, 0.2) is 97.1 Å². The van der Waals surface area contributed by atoms with E-state index >= 15 is 0 Å². The molecule has 0 aromatic heterocycles. The van der Waals surface area contributed by atoms with Crippen molar-refractivity contribution >= 4 is 40.7 Å². The normalized spacial score (nSPS) is 21.2. The van der Waals surface area contributed by atoms with Crippen molar-refractivity contribution in [2.45, 2.75) is 18.0 Å². The summed E-state index contributed by atoms with van der Waals surface area (Å²) in [6, 6.07) is 25.2. The van der Waals surface area contributed by atoms with Gasteiger partial charge in [0.1, 0.15) is 11.5 Å². The quantitative estimate of drug-likeness (QED) is 0.195. The summed E-state index contributed by atoms with van der Waals surface area (Å²) in [5.41, 5.74) is 1.73. The molecule has 1 unspecified atom stereocenters. The van der Waals surface area contributed by atoms with E-state index in [1.54, 1.807) is 67.8 Å². The van der Waals surface area contributed by atoms with Crippen molar-refractivity contribution in [2.75, 3.05) is 19.1 Å². The van der Waals surface area contributed by atoms with E-state index in [1.165, 1.54) is 7.11 Å². The molecule has 4 aromatic carbocycles. The summed E-state index contributed by atoms with van der Waals surface area (Å²) in [6.45, 7) is 0. The first kappa shape index (κ1) is 26.2. The lowest BCUT2D eigenvalue weighted by atomic mass is 9.64. The van der Waals surface area contributed by atoms with Crippen LogP contribution in [0.5, 0.6) is 11.5 Å². The van der Waals surface area contributed by atoms with Gasteiger partial charge in [0.2, 0.25) is 0 Å². The molecule has 1 saturated heterocycles. The van der Waals surface area contributed by atoms with Crippen LogP contribution >= 0.6 is 11.6 Å². The molecular formula is C35H26ClNO5. The monoisotopic (exact) mass is 575 g/mol. The zero-order valence-electron chi connectivity index (χ0n) is 22.9. The molecule has 1 aliphatic carbocycles. The molecule has 0 N–H and O–H groups in total. The van der Waals surface area contributed by atoms with E-state index in [2.05, 4.69) is 0 Å². The second kappa shape index (κ2) is 9.71. The predicted octanol–water partition coefficient (Wildman–Crippen LogP) is 6.67. The fourth-order valence-corrected chi connectivity index (χ4v) is 7.39. The van der Waals surface area contributed by atoms with Gasteiger partial charge in [-0.1, -0.05) is 84.4 Å². The minimum atomic E-state index is -1.62. The number of hydrogen-bond donors (Lipinski definition) is 0. The minimum absolute atomic E-state index is 0.274. The van der Waals surface area contributed by atoms with E-state index in [-0.39, 0.29) is 17.3 Å². The smallest absolute Gasteiger partial charge is 0.187 e. The number of fused-ring (bicyclic) bond motifs is 5. The second-order valence-electron chi connectivity index (χ2n) is 10.7. The number of carbonyl (C=O) groups excluding carboxylic acids is 3. The van der Waals surface area contributed by atoms with Crippen LogP contribution in [0, 0.1) is 5.41 Å². The number of methoxy groups -OCH3 is 2. The van der Waals surface area contributed by atoms with Gasteiger partial charge in [-0.2, -0.15) is 0 Å². The number of anilines is 1. The maximum Gasteiger partial charge on any atom is 0.187 e. The molecule has 0 radical (unpaired) electrons. The van der Waals surface area contributed by atoms with Crippen molar-refractivity contribution in [3.05, 3.63) is 130 Å². The fourth-order valence-electron chi connectivity index (χ4n) is 7.16. The summed E-state index contributed by atoms with van der Waals surface area (Å²) in [5, 5.41) is 0.305. The predicted molar refractivity (Wildman–Crippen MR) is 161 cm³/mol. The number of ketones is 3. The molecule has 1 spiro atoms. The number of carbonyl (C=O) groups is 3. The van der Waals surface area contributed by atoms with Crippen LogP contribution in [0.4, 0.5) is 5.69 Å². The number of rotatable bonds is 5. The Morgan fingerprint density at radius 2 is 1.45 bits per heavy atom. The SMILES string of the molecule is COc1ccc([C@H]2[C@H](C(=O)c3ccccc3Cl)N3c4ccccc4C=CC3C23C(=O)c2ccccc2C3=O)cc1OC. The molecule has 208 valence electrons. The van der Waals surface area contributed by atoms with Crippen molar-refractivity contribution < 1.29 is 23.9 Å². The standard InChI is InChI=1S/C35H26ClNO5/c1-41-27-17-15-21(19-28(27)42-2)30-31(32(38)24-12-6-7-13-25(24)36)37-26-14-8-3-9-20(26)16-18-29(37)35(30)33(39)22-10-4-5-11-23(22)34(35)40/h3-19,29-31H,1-2H3/t29?,30-,31+/m0/s1. The molecule has 0 saturated carbocycles. The second-order valence-corrected chi connectivity index (χ2v) is 11.1. The number of benzene rings is 4. The first-order valence-corrected chi connectivity index (χ1v) is 14.1. The summed E-state index contributed by atoms with van der Waals surface area (Å²) in [7, 11) is 3.07. The average molecular weight is 576 g/mol. The summed E-state index contributed by atoms with van der Waals surface area (Å²) in [4.78, 5) is 46.3. The largest absolute Gasteiger partial charge is 0.493 e. The van der Waals surface area contributed by atoms with Crippen molar-refractivity contribution in [1.29, 1.82) is 0 Å². The highest BCUT2D eigenvalue weighted by Crippen LogP contribution is 2.61. The van der Waals surface area contributed by atoms with E-state index in [1.807, 2.05) is 47.4 Å². The van der Waals surface area contributed by atoms with Gasteiger partial charge in [0.25, 0.3) is 0 Å². The van der Waals surface area contributed by atoms with Gasteiger partial charge in [-0.15, -0.1) is 0 Å². The highest BCUT2D eigenvalue weighted by molar-refractivity contribution is 6.35. The Balaban J connectivity index is 1.57. The molecule has 0 bridgehead atoms. The zero-order chi connectivity index (χ0) is 29.2. The molecular weight excluding hydrogens is 550 g/mol. The topological polar surface area (TPSA) is 72.9 Å². The maximum atomic E-state index is 14.8. The van der Waals surface area contributed by atoms with Gasteiger partial charge < -0.3 is 14.4 Å². The molecule has 3 aliphatic rings. The molecule has 3 atom stereocenters. The molecule has 0 amide bonds. The van der Waals surface area contributed by atoms with Gasteiger partial charge in [-0.25, -0.2) is 0 Å². The number of halogens is 1. The van der Waals surface area contributed by atoms with Crippen molar-refractivity contribution in [2.24, 2.45) is 5.41 Å². The molecule has 1 fully saturated rings. The summed E-state index contributed by atoms with van der Waals surface area (Å²) in [5.74, 6) is -0.811. The Hall–Kier alpha value is -4.68. The summed E-state index contributed by atoms with van der Waals surface area (Å²) < 4.78 is 11.1. The van der Waals surface area contributed by atoms with Crippen molar-refractivity contribution in [3.63, 3.8) is 0 Å². The number of ether oxygens (including phenoxy) is 2. The lowest BCUT2D eigenvalue weighted by Gasteiger charge is -2.37. The van der Waals surface area contributed by atoms with Crippen LogP contribution in [0.25, 0.3) is 6.08 Å². The Morgan fingerprint density at radius 1 is 0.810 bits per heavy atom. The highest BCUT2D eigenvalue weighted by atomic mass is 35.5. The first-order chi connectivity index (χ1) is 20.4. The van der Waals surface area contributed by atoms with Crippen LogP contribution < -0.4 is 14.4 Å². The maximum absolute atomic E-state index is 14.8. The lowest BCUT2D eigenvalue weighted by molar-refractivity contribution is 0.0665. The third kappa shape index (κ3) is 3.42. The van der Waals surface area contributed by atoms with Crippen LogP contribution in [0.2, 0.25) is 5.02 Å². The number of para-hydroxylation sites is 1. The lowest BCUT2D eigenvalue weighted by Crippen LogP contribution is -2.48. The first-order valence-electron chi connectivity index (χ1n) is 13.7. The van der Waals surface area contributed by atoms with E-state index in [0.717, 1.165) is 11.3 Å². The molecule has 7 heteroatoms. The minimum Gasteiger partial charge on any atom is -0.493 e. The zero-order valence-corrected chi connectivity index (χ0v) is 23.7. The van der Waals surface area contributed by atoms with Crippen LogP contribution in [0.1, 0.15) is 48.1 Å². The molecule has 2 heterocycles. The van der Waals surface area contributed by atoms with Gasteiger partial charge in [0, 0.05) is 28.3 Å². The fraction of sp³-hybridized carbons (Fsp3) is 0.171. The van der Waals surface area contributed by atoms with Crippen molar-refractivity contribution in [1.82, 2.24) is 0 Å². The summed E-state index contributed by atoms with van der Waals surface area (Å²) in [6.07, 6.45) is 3.84. The third-order valence-electron chi connectivity index (χ3n) is 8.89. The van der Waals surface area contributed by atoms with E-state index in [4.69, 9.17) is 21.1 Å². The number of Topliss-reactive ketones (excluding diaryl/α,β-unsaturated/α-hetero) is 3. The van der Waals surface area contributed by atoms with Crippen LogP contribution in [-0.4, -0.2) is 43.7 Å². The van der Waals surface area contributed by atoms with Crippen LogP contribution in [0.3, 0.4) is 0 Å². The summed E-state index contributed by atoms with van der Waals surface area (Å²) >= 11 is 6.61. The van der Waals surface area contributed by atoms with Gasteiger partial charge in [-0.3, -0.25) is 14.4 Å². The van der Waals surface area contributed by atoms with Crippen LogP contribution in [-0.2, 0) is 0 Å². The van der Waals surface area contributed by atoms with Gasteiger partial charge in [-0.05, 0) is 41.5 Å². The molecule has 42 heavy (non-hydrogen) atoms. The number of nitrogens with zero attached hydrogens (tertiary/aromatic N) is 1. The number of hydrogen-bond acceptors (Lipinski definition) is 6. The molecule has 6 nitrogen and oxygen atoms in total. The van der Waals surface area contributed by atoms with Gasteiger partial charge in [0.15, 0.2) is 28.8 Å². The Kier molecular flexibility index (Phi) is 6.06. The van der Waals surface area contributed by atoms with E-state index in [9.17, 15) is 14.4 Å². The van der Waals surface area contributed by atoms with Crippen molar-refractivity contribution in [3.8, 4) is 11.5 Å². The van der Waals surface area contributed by atoms with E-state index < -0.39 is 23.4 Å². The van der Waals surface area contributed by atoms with Gasteiger partial charge >= 0.3 is 0 Å². The highest BCUT2D eigenvalue weighted by Gasteiger charge is 2.71. The molecule has 7 rings (SSSR count). The van der Waals surface area contributed by atoms with E-state index in [0.29, 0.717) is 38.8 Å². The average Bonchev–Trinajstić information content (AvgIpc) is 3.46. The third-order valence-corrected chi connectivity index (χ3v) is 9.22. The Labute approximate surface area is 248 Å².